The van der Waals surface area contributed by atoms with E-state index in [1.807, 2.05) is 18.2 Å². The minimum absolute atomic E-state index is 0.0411. The van der Waals surface area contributed by atoms with E-state index in [0.29, 0.717) is 12.2 Å². The van der Waals surface area contributed by atoms with Crippen molar-refractivity contribution in [3.63, 3.8) is 0 Å². The number of hydrazine groups is 1. The summed E-state index contributed by atoms with van der Waals surface area (Å²) >= 11 is 3.48. The molecular weight excluding hydrogens is 316 g/mol. The zero-order valence-electron chi connectivity index (χ0n) is 11.9. The number of hydrogen-bond donors (Lipinski definition) is 2. The van der Waals surface area contributed by atoms with Crippen LogP contribution in [0.3, 0.4) is 0 Å². The molecular formula is C15H19BrN4. The highest BCUT2D eigenvalue weighted by Gasteiger charge is 2.18. The van der Waals surface area contributed by atoms with Gasteiger partial charge in [-0.2, -0.15) is 0 Å². The Kier molecular flexibility index (Phi) is 4.40. The number of nitrogen functional groups attached to an aromatic ring is 1. The second kappa shape index (κ2) is 5.89. The Bertz CT molecular complexity index is 605. The Hall–Kier alpha value is -1.46. The molecule has 0 fully saturated rings. The number of nitrogens with one attached hydrogen (secondary N) is 1. The summed E-state index contributed by atoms with van der Waals surface area (Å²) in [5.41, 5.74) is 4.71. The summed E-state index contributed by atoms with van der Waals surface area (Å²) in [6.45, 7) is 6.37. The van der Waals surface area contributed by atoms with Gasteiger partial charge in [-0.05, 0) is 17.7 Å². The number of nitrogens with two attached hydrogens (primary N) is 1. The van der Waals surface area contributed by atoms with Crippen LogP contribution in [0.2, 0.25) is 0 Å². The summed E-state index contributed by atoms with van der Waals surface area (Å²) in [5.74, 6) is 6.92. The van der Waals surface area contributed by atoms with Gasteiger partial charge in [0.15, 0.2) is 0 Å². The largest absolute Gasteiger partial charge is 0.308 e. The van der Waals surface area contributed by atoms with Crippen LogP contribution in [-0.4, -0.2) is 9.97 Å². The lowest BCUT2D eigenvalue weighted by Gasteiger charge is -2.19. The molecule has 0 saturated heterocycles. The number of nitrogens with zero attached hydrogens (tertiary/aromatic N) is 2. The summed E-state index contributed by atoms with van der Waals surface area (Å²) in [6, 6.07) is 10.0. The van der Waals surface area contributed by atoms with Crippen molar-refractivity contribution in [2.24, 2.45) is 5.84 Å². The highest BCUT2D eigenvalue weighted by molar-refractivity contribution is 9.10. The van der Waals surface area contributed by atoms with E-state index in [1.165, 1.54) is 0 Å². The molecule has 2 rings (SSSR count). The van der Waals surface area contributed by atoms with Gasteiger partial charge >= 0.3 is 0 Å². The number of rotatable bonds is 3. The van der Waals surface area contributed by atoms with Gasteiger partial charge in [0.05, 0.1) is 5.69 Å². The Balaban J connectivity index is 2.36. The Morgan fingerprint density at radius 2 is 1.95 bits per heavy atom. The molecule has 106 valence electrons. The maximum atomic E-state index is 5.50. The van der Waals surface area contributed by atoms with Crippen molar-refractivity contribution in [1.82, 2.24) is 9.97 Å². The summed E-state index contributed by atoms with van der Waals surface area (Å²) in [7, 11) is 0. The molecule has 1 aromatic carbocycles. The minimum atomic E-state index is -0.0411. The highest BCUT2D eigenvalue weighted by Crippen LogP contribution is 2.23. The number of halogens is 1. The number of aromatic nitrogens is 2. The molecule has 0 amide bonds. The first-order valence-electron chi connectivity index (χ1n) is 6.48. The van der Waals surface area contributed by atoms with E-state index in [-0.39, 0.29) is 5.41 Å². The molecule has 0 unspecified atom stereocenters. The quantitative estimate of drug-likeness (QED) is 0.666. The standard InChI is InChI=1S/C15H19BrN4/c1-15(2,3)12-9-14(20-17)19-13(18-12)8-10-5-4-6-11(16)7-10/h4-7,9H,8,17H2,1-3H3,(H,18,19,20). The van der Waals surface area contributed by atoms with E-state index < -0.39 is 0 Å². The van der Waals surface area contributed by atoms with Crippen molar-refractivity contribution in [2.45, 2.75) is 32.6 Å². The maximum absolute atomic E-state index is 5.50. The van der Waals surface area contributed by atoms with Gasteiger partial charge in [-0.15, -0.1) is 0 Å². The predicted octanol–water partition coefficient (Wildman–Crippen LogP) is 3.41. The lowest BCUT2D eigenvalue weighted by atomic mass is 9.92. The topological polar surface area (TPSA) is 63.8 Å². The fourth-order valence-corrected chi connectivity index (χ4v) is 2.31. The molecule has 20 heavy (non-hydrogen) atoms. The Morgan fingerprint density at radius 1 is 1.20 bits per heavy atom. The van der Waals surface area contributed by atoms with Crippen molar-refractivity contribution in [3.05, 3.63) is 51.9 Å². The van der Waals surface area contributed by atoms with Crippen molar-refractivity contribution in [3.8, 4) is 0 Å². The highest BCUT2D eigenvalue weighted by atomic mass is 79.9. The molecule has 0 spiro atoms. The average molecular weight is 335 g/mol. The van der Waals surface area contributed by atoms with Crippen LogP contribution in [0.5, 0.6) is 0 Å². The summed E-state index contributed by atoms with van der Waals surface area (Å²) in [5, 5.41) is 0. The lowest BCUT2D eigenvalue weighted by molar-refractivity contribution is 0.563. The van der Waals surface area contributed by atoms with Gasteiger partial charge in [0.1, 0.15) is 11.6 Å². The van der Waals surface area contributed by atoms with Crippen LogP contribution in [0.1, 0.15) is 37.9 Å². The first kappa shape index (κ1) is 14.9. The van der Waals surface area contributed by atoms with E-state index in [0.717, 1.165) is 21.6 Å². The lowest BCUT2D eigenvalue weighted by Crippen LogP contribution is -2.18. The van der Waals surface area contributed by atoms with Gasteiger partial charge in [0, 0.05) is 22.4 Å². The van der Waals surface area contributed by atoms with E-state index in [1.54, 1.807) is 0 Å². The normalized spacial score (nSPS) is 11.4. The SMILES string of the molecule is CC(C)(C)c1cc(NN)nc(Cc2cccc(Br)c2)n1. The molecule has 4 nitrogen and oxygen atoms in total. The Morgan fingerprint density at radius 3 is 2.55 bits per heavy atom. The first-order valence-corrected chi connectivity index (χ1v) is 7.27. The van der Waals surface area contributed by atoms with Crippen LogP contribution in [0, 0.1) is 0 Å². The van der Waals surface area contributed by atoms with E-state index in [4.69, 9.17) is 5.84 Å². The molecule has 0 saturated carbocycles. The monoisotopic (exact) mass is 334 g/mol. The molecule has 0 aliphatic carbocycles. The minimum Gasteiger partial charge on any atom is -0.308 e. The molecule has 1 heterocycles. The van der Waals surface area contributed by atoms with Crippen molar-refractivity contribution in [2.75, 3.05) is 5.43 Å². The zero-order valence-corrected chi connectivity index (χ0v) is 13.5. The van der Waals surface area contributed by atoms with E-state index in [2.05, 4.69) is 64.2 Å². The molecule has 0 aliphatic heterocycles. The number of anilines is 1. The Labute approximate surface area is 127 Å². The number of benzene rings is 1. The van der Waals surface area contributed by atoms with Gasteiger partial charge in [0.25, 0.3) is 0 Å². The van der Waals surface area contributed by atoms with Crippen molar-refractivity contribution < 1.29 is 0 Å². The molecule has 3 N–H and O–H groups in total. The van der Waals surface area contributed by atoms with Crippen LogP contribution < -0.4 is 11.3 Å². The summed E-state index contributed by atoms with van der Waals surface area (Å²) < 4.78 is 1.05. The van der Waals surface area contributed by atoms with E-state index >= 15 is 0 Å². The summed E-state index contributed by atoms with van der Waals surface area (Å²) in [4.78, 5) is 9.08. The van der Waals surface area contributed by atoms with Crippen LogP contribution >= 0.6 is 15.9 Å². The number of hydrogen-bond acceptors (Lipinski definition) is 4. The van der Waals surface area contributed by atoms with Gasteiger partial charge < -0.3 is 5.43 Å². The van der Waals surface area contributed by atoms with Crippen LogP contribution in [0.15, 0.2) is 34.8 Å². The van der Waals surface area contributed by atoms with Crippen LogP contribution in [0.25, 0.3) is 0 Å². The van der Waals surface area contributed by atoms with Gasteiger partial charge in [-0.3, -0.25) is 0 Å². The molecule has 0 bridgehead atoms. The molecule has 0 aliphatic rings. The second-order valence-electron chi connectivity index (χ2n) is 5.76. The summed E-state index contributed by atoms with van der Waals surface area (Å²) in [6.07, 6.45) is 0.679. The second-order valence-corrected chi connectivity index (χ2v) is 6.67. The fourth-order valence-electron chi connectivity index (χ4n) is 1.86. The van der Waals surface area contributed by atoms with Gasteiger partial charge in [0.2, 0.25) is 0 Å². The maximum Gasteiger partial charge on any atom is 0.143 e. The predicted molar refractivity (Wildman–Crippen MR) is 85.5 cm³/mol. The van der Waals surface area contributed by atoms with Crippen molar-refractivity contribution >= 4 is 21.7 Å². The third-order valence-electron chi connectivity index (χ3n) is 2.94. The third kappa shape index (κ3) is 3.77. The first-order chi connectivity index (χ1) is 9.38. The van der Waals surface area contributed by atoms with E-state index in [9.17, 15) is 0 Å². The molecule has 0 atom stereocenters. The molecule has 1 aromatic heterocycles. The molecule has 5 heteroatoms. The molecule has 2 aromatic rings. The average Bonchev–Trinajstić information content (AvgIpc) is 2.37. The van der Waals surface area contributed by atoms with Crippen LogP contribution in [0.4, 0.5) is 5.82 Å². The van der Waals surface area contributed by atoms with Gasteiger partial charge in [-0.1, -0.05) is 48.8 Å². The third-order valence-corrected chi connectivity index (χ3v) is 3.43. The van der Waals surface area contributed by atoms with Crippen LogP contribution in [-0.2, 0) is 11.8 Å². The smallest absolute Gasteiger partial charge is 0.143 e. The molecule has 0 radical (unpaired) electrons. The zero-order chi connectivity index (χ0) is 14.8. The van der Waals surface area contributed by atoms with Crippen molar-refractivity contribution in [1.29, 1.82) is 0 Å². The van der Waals surface area contributed by atoms with Gasteiger partial charge in [-0.25, -0.2) is 15.8 Å². The fraction of sp³-hybridized carbons (Fsp3) is 0.333.